The standard InChI is InChI=1S/C17H17NO4S/c1-3-11-23(20,21)22-16-10-9-14(12-13(16)2)17(19)18-15-7-5-4-6-8-15/h3-10,12H,1,11H2,2H3,(H,18,19). The van der Waals surface area contributed by atoms with Crippen molar-refractivity contribution in [1.29, 1.82) is 0 Å². The van der Waals surface area contributed by atoms with Gasteiger partial charge >= 0.3 is 10.1 Å². The lowest BCUT2D eigenvalue weighted by Gasteiger charge is -2.10. The molecular weight excluding hydrogens is 314 g/mol. The molecule has 0 aromatic heterocycles. The number of benzene rings is 2. The molecule has 1 amide bonds. The summed E-state index contributed by atoms with van der Waals surface area (Å²) in [5.74, 6) is -0.356. The van der Waals surface area contributed by atoms with Crippen LogP contribution >= 0.6 is 0 Å². The number of hydrogen-bond donors (Lipinski definition) is 1. The van der Waals surface area contributed by atoms with Gasteiger partial charge in [0, 0.05) is 11.3 Å². The van der Waals surface area contributed by atoms with E-state index in [0.29, 0.717) is 16.8 Å². The number of hydrogen-bond acceptors (Lipinski definition) is 4. The molecule has 0 fully saturated rings. The number of amides is 1. The van der Waals surface area contributed by atoms with Crippen molar-refractivity contribution >= 4 is 21.7 Å². The molecule has 6 heteroatoms. The van der Waals surface area contributed by atoms with Crippen LogP contribution in [0.4, 0.5) is 5.69 Å². The van der Waals surface area contributed by atoms with Gasteiger partial charge in [-0.2, -0.15) is 8.42 Å². The van der Waals surface area contributed by atoms with Crippen LogP contribution in [0.5, 0.6) is 5.75 Å². The van der Waals surface area contributed by atoms with E-state index in [2.05, 4.69) is 11.9 Å². The third-order valence-electron chi connectivity index (χ3n) is 3.01. The zero-order valence-electron chi connectivity index (χ0n) is 12.7. The molecule has 0 spiro atoms. The minimum Gasteiger partial charge on any atom is -0.382 e. The Morgan fingerprint density at radius 2 is 1.91 bits per heavy atom. The van der Waals surface area contributed by atoms with Gasteiger partial charge in [-0.3, -0.25) is 4.79 Å². The van der Waals surface area contributed by atoms with Gasteiger partial charge in [0.25, 0.3) is 5.91 Å². The Kier molecular flexibility index (Phi) is 5.18. The lowest BCUT2D eigenvalue weighted by Crippen LogP contribution is -2.14. The zero-order chi connectivity index (χ0) is 16.9. The highest BCUT2D eigenvalue weighted by Crippen LogP contribution is 2.21. The molecule has 23 heavy (non-hydrogen) atoms. The van der Waals surface area contributed by atoms with Gasteiger partial charge in [0.05, 0.1) is 0 Å². The molecule has 0 unspecified atom stereocenters. The summed E-state index contributed by atoms with van der Waals surface area (Å²) in [6.07, 6.45) is 1.26. The first-order valence-electron chi connectivity index (χ1n) is 6.91. The summed E-state index contributed by atoms with van der Waals surface area (Å²) in [5.41, 5.74) is 1.65. The monoisotopic (exact) mass is 331 g/mol. The topological polar surface area (TPSA) is 72.5 Å². The molecule has 0 radical (unpaired) electrons. The number of rotatable bonds is 6. The summed E-state index contributed by atoms with van der Waals surface area (Å²) < 4.78 is 28.3. The summed E-state index contributed by atoms with van der Waals surface area (Å²) >= 11 is 0. The number of aryl methyl sites for hydroxylation is 1. The average Bonchev–Trinajstić information content (AvgIpc) is 2.50. The molecule has 120 valence electrons. The molecule has 5 nitrogen and oxygen atoms in total. The van der Waals surface area contributed by atoms with Crippen LogP contribution < -0.4 is 9.50 Å². The second-order valence-electron chi connectivity index (χ2n) is 4.90. The predicted molar refractivity (Wildman–Crippen MR) is 90.2 cm³/mol. The van der Waals surface area contributed by atoms with E-state index in [4.69, 9.17) is 4.18 Å². The van der Waals surface area contributed by atoms with Crippen LogP contribution in [0, 0.1) is 6.92 Å². The highest BCUT2D eigenvalue weighted by atomic mass is 32.2. The Hall–Kier alpha value is -2.60. The highest BCUT2D eigenvalue weighted by Gasteiger charge is 2.14. The summed E-state index contributed by atoms with van der Waals surface area (Å²) in [7, 11) is -3.71. The molecule has 0 atom stereocenters. The van der Waals surface area contributed by atoms with E-state index < -0.39 is 10.1 Å². The van der Waals surface area contributed by atoms with Gasteiger partial charge < -0.3 is 9.50 Å². The van der Waals surface area contributed by atoms with E-state index in [-0.39, 0.29) is 17.4 Å². The maximum Gasteiger partial charge on any atom is 0.312 e. The Labute approximate surface area is 135 Å². The molecule has 0 aliphatic carbocycles. The second kappa shape index (κ2) is 7.11. The number of para-hydroxylation sites is 1. The fraction of sp³-hybridized carbons (Fsp3) is 0.118. The summed E-state index contributed by atoms with van der Waals surface area (Å²) in [6.45, 7) is 5.05. The van der Waals surface area contributed by atoms with Gasteiger partial charge in [-0.05, 0) is 42.8 Å². The lowest BCUT2D eigenvalue weighted by molar-refractivity contribution is 0.102. The van der Waals surface area contributed by atoms with Gasteiger partial charge in [-0.1, -0.05) is 24.3 Å². The number of nitrogens with one attached hydrogen (secondary N) is 1. The van der Waals surface area contributed by atoms with Crippen LogP contribution in [0.1, 0.15) is 15.9 Å². The second-order valence-corrected chi connectivity index (χ2v) is 6.51. The van der Waals surface area contributed by atoms with Gasteiger partial charge in [0.2, 0.25) is 0 Å². The van der Waals surface area contributed by atoms with Crippen LogP contribution in [0.3, 0.4) is 0 Å². The normalized spacial score (nSPS) is 10.8. The zero-order valence-corrected chi connectivity index (χ0v) is 13.5. The van der Waals surface area contributed by atoms with Crippen LogP contribution in [0.25, 0.3) is 0 Å². The molecular formula is C17H17NO4S. The van der Waals surface area contributed by atoms with E-state index in [1.54, 1.807) is 25.1 Å². The van der Waals surface area contributed by atoms with Crippen molar-refractivity contribution < 1.29 is 17.4 Å². The number of anilines is 1. The Balaban J connectivity index is 2.15. The first kappa shape index (κ1) is 16.8. The van der Waals surface area contributed by atoms with Crippen molar-refractivity contribution in [3.05, 3.63) is 72.3 Å². The van der Waals surface area contributed by atoms with E-state index in [9.17, 15) is 13.2 Å². The predicted octanol–water partition coefficient (Wildman–Crippen LogP) is 3.14. The Morgan fingerprint density at radius 1 is 1.22 bits per heavy atom. The van der Waals surface area contributed by atoms with E-state index in [1.807, 2.05) is 18.2 Å². The Morgan fingerprint density at radius 3 is 2.52 bits per heavy atom. The molecule has 2 aromatic carbocycles. The third-order valence-corrected chi connectivity index (χ3v) is 4.08. The molecule has 0 saturated carbocycles. The molecule has 0 heterocycles. The van der Waals surface area contributed by atoms with Gasteiger partial charge in [-0.25, -0.2) is 0 Å². The number of carbonyl (C=O) groups excluding carboxylic acids is 1. The lowest BCUT2D eigenvalue weighted by atomic mass is 10.1. The molecule has 0 saturated heterocycles. The highest BCUT2D eigenvalue weighted by molar-refractivity contribution is 7.87. The molecule has 1 N–H and O–H groups in total. The van der Waals surface area contributed by atoms with E-state index >= 15 is 0 Å². The van der Waals surface area contributed by atoms with Crippen LogP contribution in [0.2, 0.25) is 0 Å². The fourth-order valence-electron chi connectivity index (χ4n) is 1.92. The third kappa shape index (κ3) is 4.69. The number of carbonyl (C=O) groups is 1. The van der Waals surface area contributed by atoms with Crippen molar-refractivity contribution in [3.63, 3.8) is 0 Å². The van der Waals surface area contributed by atoms with E-state index in [0.717, 1.165) is 0 Å². The Bertz CT molecular complexity index is 814. The van der Waals surface area contributed by atoms with Crippen LogP contribution in [0.15, 0.2) is 61.2 Å². The minimum absolute atomic E-state index is 0.197. The fourth-order valence-corrected chi connectivity index (χ4v) is 2.74. The summed E-state index contributed by atoms with van der Waals surface area (Å²) in [5, 5.41) is 2.76. The average molecular weight is 331 g/mol. The maximum absolute atomic E-state index is 12.2. The minimum atomic E-state index is -3.71. The maximum atomic E-state index is 12.2. The van der Waals surface area contributed by atoms with Crippen molar-refractivity contribution in [2.45, 2.75) is 6.92 Å². The summed E-state index contributed by atoms with van der Waals surface area (Å²) in [6, 6.07) is 13.6. The molecule has 2 aromatic rings. The van der Waals surface area contributed by atoms with Crippen molar-refractivity contribution in [3.8, 4) is 5.75 Å². The molecule has 0 bridgehead atoms. The molecule has 2 rings (SSSR count). The first-order chi connectivity index (χ1) is 10.9. The van der Waals surface area contributed by atoms with Crippen molar-refractivity contribution in [1.82, 2.24) is 0 Å². The SMILES string of the molecule is C=CCS(=O)(=O)Oc1ccc(C(=O)Nc2ccccc2)cc1C. The van der Waals surface area contributed by atoms with Gasteiger partial charge in [0.1, 0.15) is 11.5 Å². The first-order valence-corrected chi connectivity index (χ1v) is 8.49. The van der Waals surface area contributed by atoms with Crippen LogP contribution in [-0.4, -0.2) is 20.1 Å². The summed E-state index contributed by atoms with van der Waals surface area (Å²) in [4.78, 5) is 12.2. The smallest absolute Gasteiger partial charge is 0.312 e. The molecule has 0 aliphatic rings. The molecule has 0 aliphatic heterocycles. The quantitative estimate of drug-likeness (QED) is 0.652. The van der Waals surface area contributed by atoms with Crippen LogP contribution in [-0.2, 0) is 10.1 Å². The van der Waals surface area contributed by atoms with Crippen molar-refractivity contribution in [2.24, 2.45) is 0 Å². The van der Waals surface area contributed by atoms with Gasteiger partial charge in [0.15, 0.2) is 0 Å². The largest absolute Gasteiger partial charge is 0.382 e. The van der Waals surface area contributed by atoms with Gasteiger partial charge in [-0.15, -0.1) is 6.58 Å². The van der Waals surface area contributed by atoms with Crippen molar-refractivity contribution in [2.75, 3.05) is 11.1 Å². The van der Waals surface area contributed by atoms with E-state index in [1.165, 1.54) is 18.2 Å².